The van der Waals surface area contributed by atoms with E-state index in [1.54, 1.807) is 26.2 Å². The van der Waals surface area contributed by atoms with Crippen LogP contribution in [0.1, 0.15) is 32.5 Å². The minimum Gasteiger partial charge on any atom is -0.493 e. The molecule has 0 bridgehead atoms. The Morgan fingerprint density at radius 3 is 2.03 bits per heavy atom. The summed E-state index contributed by atoms with van der Waals surface area (Å²) < 4.78 is 32.1. The van der Waals surface area contributed by atoms with Crippen LogP contribution in [0, 0.1) is 6.92 Å². The highest BCUT2D eigenvalue weighted by Gasteiger charge is 2.26. The molecule has 12 heteroatoms. The predicted molar refractivity (Wildman–Crippen MR) is 153 cm³/mol. The number of ether oxygens (including phenoxy) is 6. The third-order valence-electron chi connectivity index (χ3n) is 5.62. The standard InChI is InChI=1S/C27H30N2O8S2/c1-8-37-26(31)22-21(15-9-10-17(32-3)18(11-15)33-4)14(2)39-25(22)29-27(38)28-24(30)16-12-19(34-5)23(36-7)20(13-16)35-6/h9-13H,8H2,1-7H3,(H2,28,29,30,38). The Kier molecular flexibility index (Phi) is 9.96. The molecule has 1 aromatic heterocycles. The van der Waals surface area contributed by atoms with Crippen molar-refractivity contribution in [3.63, 3.8) is 0 Å². The van der Waals surface area contributed by atoms with Crippen LogP contribution in [0.15, 0.2) is 30.3 Å². The average Bonchev–Trinajstić information content (AvgIpc) is 3.26. The molecule has 0 aliphatic heterocycles. The quantitative estimate of drug-likeness (QED) is 0.251. The molecule has 0 unspecified atom stereocenters. The topological polar surface area (TPSA) is 114 Å². The van der Waals surface area contributed by atoms with Gasteiger partial charge in [-0.05, 0) is 55.9 Å². The molecule has 0 aliphatic rings. The van der Waals surface area contributed by atoms with Crippen molar-refractivity contribution in [3.05, 3.63) is 46.3 Å². The molecule has 0 spiro atoms. The van der Waals surface area contributed by atoms with Crippen LogP contribution in [0.25, 0.3) is 11.1 Å². The van der Waals surface area contributed by atoms with Crippen LogP contribution in [0.5, 0.6) is 28.7 Å². The summed E-state index contributed by atoms with van der Waals surface area (Å²) in [6.07, 6.45) is 0. The molecular weight excluding hydrogens is 544 g/mol. The van der Waals surface area contributed by atoms with Crippen LogP contribution in [0.2, 0.25) is 0 Å². The van der Waals surface area contributed by atoms with E-state index in [-0.39, 0.29) is 22.8 Å². The van der Waals surface area contributed by atoms with E-state index in [1.165, 1.54) is 51.9 Å². The Bertz CT molecular complexity index is 1360. The van der Waals surface area contributed by atoms with Crippen molar-refractivity contribution in [3.8, 4) is 39.9 Å². The summed E-state index contributed by atoms with van der Waals surface area (Å²) in [5.74, 6) is 1.01. The van der Waals surface area contributed by atoms with Crippen LogP contribution in [0.3, 0.4) is 0 Å². The fourth-order valence-electron chi connectivity index (χ4n) is 3.89. The van der Waals surface area contributed by atoms with Crippen LogP contribution >= 0.6 is 23.6 Å². The second kappa shape index (κ2) is 13.2. The molecular formula is C27H30N2O8S2. The summed E-state index contributed by atoms with van der Waals surface area (Å²) in [7, 11) is 7.47. The number of hydrogen-bond donors (Lipinski definition) is 2. The highest BCUT2D eigenvalue weighted by molar-refractivity contribution is 7.80. The molecule has 0 aliphatic carbocycles. The number of nitrogens with one attached hydrogen (secondary N) is 2. The van der Waals surface area contributed by atoms with E-state index in [2.05, 4.69) is 10.6 Å². The number of benzene rings is 2. The molecule has 0 fully saturated rings. The van der Waals surface area contributed by atoms with Crippen molar-refractivity contribution in [2.24, 2.45) is 0 Å². The molecule has 2 aromatic carbocycles. The fraction of sp³-hybridized carbons (Fsp3) is 0.296. The number of aryl methyl sites for hydroxylation is 1. The highest BCUT2D eigenvalue weighted by Crippen LogP contribution is 2.43. The molecule has 0 saturated carbocycles. The summed E-state index contributed by atoms with van der Waals surface area (Å²) in [6, 6.07) is 8.38. The molecule has 0 atom stereocenters. The number of thiophene rings is 1. The maximum absolute atomic E-state index is 13.1. The van der Waals surface area contributed by atoms with Gasteiger partial charge in [0.1, 0.15) is 10.6 Å². The number of rotatable bonds is 10. The van der Waals surface area contributed by atoms with Gasteiger partial charge in [-0.25, -0.2) is 4.79 Å². The molecule has 3 rings (SSSR count). The zero-order valence-corrected chi connectivity index (χ0v) is 24.3. The van der Waals surface area contributed by atoms with Gasteiger partial charge in [-0.1, -0.05) is 6.07 Å². The summed E-state index contributed by atoms with van der Waals surface area (Å²) in [6.45, 7) is 3.78. The predicted octanol–water partition coefficient (Wildman–Crippen LogP) is 5.07. The van der Waals surface area contributed by atoms with Gasteiger partial charge in [-0.2, -0.15) is 0 Å². The lowest BCUT2D eigenvalue weighted by molar-refractivity contribution is 0.0529. The van der Waals surface area contributed by atoms with Crippen molar-refractivity contribution >= 4 is 45.5 Å². The van der Waals surface area contributed by atoms with Crippen molar-refractivity contribution in [1.82, 2.24) is 5.32 Å². The SMILES string of the molecule is CCOC(=O)c1c(NC(=S)NC(=O)c2cc(OC)c(OC)c(OC)c2)sc(C)c1-c1ccc(OC)c(OC)c1. The van der Waals surface area contributed by atoms with Crippen LogP contribution < -0.4 is 34.3 Å². The average molecular weight is 575 g/mol. The minimum atomic E-state index is -0.534. The lowest BCUT2D eigenvalue weighted by Gasteiger charge is -2.15. The number of carbonyl (C=O) groups excluding carboxylic acids is 2. The van der Waals surface area contributed by atoms with Gasteiger partial charge in [0.25, 0.3) is 5.91 Å². The summed E-state index contributed by atoms with van der Waals surface area (Å²) in [5.41, 5.74) is 1.90. The number of thiocarbonyl (C=S) groups is 1. The van der Waals surface area contributed by atoms with Gasteiger partial charge >= 0.3 is 5.97 Å². The van der Waals surface area contributed by atoms with Gasteiger partial charge in [0.05, 0.1) is 42.2 Å². The second-order valence-corrected chi connectivity index (χ2v) is 9.48. The van der Waals surface area contributed by atoms with E-state index in [4.69, 9.17) is 40.6 Å². The maximum Gasteiger partial charge on any atom is 0.341 e. The van der Waals surface area contributed by atoms with Crippen LogP contribution in [-0.2, 0) is 4.74 Å². The van der Waals surface area contributed by atoms with E-state index in [0.29, 0.717) is 39.3 Å². The first-order valence-electron chi connectivity index (χ1n) is 11.7. The molecule has 1 heterocycles. The van der Waals surface area contributed by atoms with Crippen molar-refractivity contribution in [1.29, 1.82) is 0 Å². The first kappa shape index (κ1) is 29.5. The monoisotopic (exact) mass is 574 g/mol. The number of esters is 1. The minimum absolute atomic E-state index is 0.0144. The molecule has 1 amide bonds. The highest BCUT2D eigenvalue weighted by atomic mass is 32.1. The van der Waals surface area contributed by atoms with E-state index in [0.717, 1.165) is 10.4 Å². The van der Waals surface area contributed by atoms with E-state index < -0.39 is 11.9 Å². The van der Waals surface area contributed by atoms with Gasteiger partial charge in [0.15, 0.2) is 28.1 Å². The molecule has 3 aromatic rings. The number of carbonyl (C=O) groups is 2. The zero-order chi connectivity index (χ0) is 28.7. The van der Waals surface area contributed by atoms with Gasteiger partial charge in [0, 0.05) is 16.0 Å². The largest absolute Gasteiger partial charge is 0.493 e. The maximum atomic E-state index is 13.1. The lowest BCUT2D eigenvalue weighted by Crippen LogP contribution is -2.34. The van der Waals surface area contributed by atoms with Crippen molar-refractivity contribution < 1.29 is 38.0 Å². The lowest BCUT2D eigenvalue weighted by atomic mass is 10.0. The fourth-order valence-corrected chi connectivity index (χ4v) is 5.22. The van der Waals surface area contributed by atoms with Crippen molar-refractivity contribution in [2.75, 3.05) is 47.5 Å². The van der Waals surface area contributed by atoms with E-state index in [1.807, 2.05) is 13.0 Å². The number of methoxy groups -OCH3 is 5. The first-order chi connectivity index (χ1) is 18.7. The van der Waals surface area contributed by atoms with Gasteiger partial charge in [-0.15, -0.1) is 11.3 Å². The number of anilines is 1. The van der Waals surface area contributed by atoms with E-state index >= 15 is 0 Å². The smallest absolute Gasteiger partial charge is 0.341 e. The Balaban J connectivity index is 1.95. The van der Waals surface area contributed by atoms with Gasteiger partial charge in [-0.3, -0.25) is 10.1 Å². The Morgan fingerprint density at radius 2 is 1.49 bits per heavy atom. The Hall–Kier alpha value is -4.03. The van der Waals surface area contributed by atoms with Crippen LogP contribution in [-0.4, -0.2) is 59.1 Å². The number of hydrogen-bond acceptors (Lipinski definition) is 10. The van der Waals surface area contributed by atoms with Crippen LogP contribution in [0.4, 0.5) is 5.00 Å². The normalized spacial score (nSPS) is 10.3. The third-order valence-corrected chi connectivity index (χ3v) is 6.84. The molecule has 10 nitrogen and oxygen atoms in total. The Labute approximate surface area is 236 Å². The third kappa shape index (κ3) is 6.35. The Morgan fingerprint density at radius 1 is 0.872 bits per heavy atom. The second-order valence-electron chi connectivity index (χ2n) is 7.85. The van der Waals surface area contributed by atoms with Crippen molar-refractivity contribution in [2.45, 2.75) is 13.8 Å². The summed E-state index contributed by atoms with van der Waals surface area (Å²) in [4.78, 5) is 26.9. The van der Waals surface area contributed by atoms with E-state index in [9.17, 15) is 9.59 Å². The molecule has 2 N–H and O–H groups in total. The molecule has 208 valence electrons. The zero-order valence-electron chi connectivity index (χ0n) is 22.7. The van der Waals surface area contributed by atoms with Gasteiger partial charge < -0.3 is 33.7 Å². The first-order valence-corrected chi connectivity index (χ1v) is 12.9. The molecule has 0 radical (unpaired) electrons. The number of amides is 1. The summed E-state index contributed by atoms with van der Waals surface area (Å²) in [5, 5.41) is 6.03. The van der Waals surface area contributed by atoms with Gasteiger partial charge in [0.2, 0.25) is 5.75 Å². The molecule has 0 saturated heterocycles. The molecule has 39 heavy (non-hydrogen) atoms. The summed E-state index contributed by atoms with van der Waals surface area (Å²) >= 11 is 6.73.